The first-order chi connectivity index (χ1) is 15.4. The summed E-state index contributed by atoms with van der Waals surface area (Å²) in [5.74, 6) is 0. The number of alkyl carbamates (subject to hydrolysis) is 1. The van der Waals surface area contributed by atoms with E-state index in [0.29, 0.717) is 0 Å². The molecule has 0 bridgehead atoms. The summed E-state index contributed by atoms with van der Waals surface area (Å²) < 4.78 is 11.2. The molecule has 2 aromatic rings. The smallest absolute Gasteiger partial charge is 0.408 e. The number of carbonyl (C=O) groups is 1. The minimum atomic E-state index is -0.424. The second kappa shape index (κ2) is 9.35. The van der Waals surface area contributed by atoms with E-state index in [1.165, 1.54) is 5.56 Å². The molecular weight excluding hydrogens is 402 g/mol. The van der Waals surface area contributed by atoms with Crippen LogP contribution in [0.3, 0.4) is 0 Å². The molecule has 4 rings (SSSR count). The number of hydrogen-bond acceptors (Lipinski definition) is 5. The highest BCUT2D eigenvalue weighted by atomic mass is 16.6. The third-order valence-corrected chi connectivity index (χ3v) is 6.27. The average molecular weight is 436 g/mol. The van der Waals surface area contributed by atoms with E-state index >= 15 is 0 Å². The lowest BCUT2D eigenvalue weighted by Gasteiger charge is -2.40. The zero-order valence-electron chi connectivity index (χ0n) is 19.3. The topological polar surface area (TPSA) is 66.1 Å². The number of rotatable bonds is 7. The molecule has 0 radical (unpaired) electrons. The Morgan fingerprint density at radius 1 is 1.25 bits per heavy atom. The molecule has 2 N–H and O–H groups in total. The van der Waals surface area contributed by atoms with Crippen LogP contribution < -0.4 is 15.5 Å². The van der Waals surface area contributed by atoms with Gasteiger partial charge in [-0.25, -0.2) is 4.79 Å². The van der Waals surface area contributed by atoms with Crippen LogP contribution in [0.4, 0.5) is 10.5 Å². The van der Waals surface area contributed by atoms with Crippen LogP contribution in [-0.2, 0) is 16.0 Å². The lowest BCUT2D eigenvalue weighted by Crippen LogP contribution is -2.45. The molecule has 0 aromatic heterocycles. The number of fused-ring (bicyclic) bond motifs is 1. The number of nitrogens with zero attached hydrogens (tertiary/aromatic N) is 1. The lowest BCUT2D eigenvalue weighted by molar-refractivity contribution is 0.122. The van der Waals surface area contributed by atoms with Crippen molar-refractivity contribution in [1.29, 1.82) is 0 Å². The van der Waals surface area contributed by atoms with E-state index in [0.717, 1.165) is 35.3 Å². The summed E-state index contributed by atoms with van der Waals surface area (Å²) in [5, 5.41) is 6.26. The standard InChI is InChI=1S/C26H33N3O3/c1-6-17(3)31-26(30)28-23-13-16(2)29(25-18(4)32-25)24-12-11-21(14-22(23)24)20-9-7-19(8-10-20)15-27-5/h6-12,14,16-18,23,25,27H,1,13,15H2,2-5H3,(H,28,30)/t16-,17?,18?,23+,25?/m0/s1. The number of benzene rings is 2. The van der Waals surface area contributed by atoms with Crippen LogP contribution in [0.25, 0.3) is 11.1 Å². The number of ether oxygens (including phenoxy) is 2. The average Bonchev–Trinajstić information content (AvgIpc) is 3.49. The van der Waals surface area contributed by atoms with E-state index in [9.17, 15) is 4.79 Å². The number of hydrogen-bond donors (Lipinski definition) is 2. The van der Waals surface area contributed by atoms with Gasteiger partial charge in [0.2, 0.25) is 0 Å². The first-order valence-electron chi connectivity index (χ1n) is 11.3. The van der Waals surface area contributed by atoms with Crippen LogP contribution in [0.5, 0.6) is 0 Å². The fourth-order valence-electron chi connectivity index (χ4n) is 4.47. The Balaban J connectivity index is 1.66. The summed E-state index contributed by atoms with van der Waals surface area (Å²) >= 11 is 0. The van der Waals surface area contributed by atoms with Crippen LogP contribution >= 0.6 is 0 Å². The van der Waals surface area contributed by atoms with Crippen molar-refractivity contribution in [1.82, 2.24) is 10.6 Å². The van der Waals surface area contributed by atoms with Gasteiger partial charge in [-0.3, -0.25) is 0 Å². The first kappa shape index (κ1) is 22.4. The van der Waals surface area contributed by atoms with Gasteiger partial charge in [0.25, 0.3) is 0 Å². The Morgan fingerprint density at radius 3 is 2.56 bits per heavy atom. The monoisotopic (exact) mass is 435 g/mol. The largest absolute Gasteiger partial charge is 0.442 e. The molecule has 6 nitrogen and oxygen atoms in total. The summed E-state index contributed by atoms with van der Waals surface area (Å²) in [4.78, 5) is 14.8. The molecule has 32 heavy (non-hydrogen) atoms. The van der Waals surface area contributed by atoms with Crippen molar-refractivity contribution in [2.45, 2.75) is 64.3 Å². The van der Waals surface area contributed by atoms with Crippen LogP contribution in [0.1, 0.15) is 44.4 Å². The van der Waals surface area contributed by atoms with E-state index < -0.39 is 6.09 Å². The van der Waals surface area contributed by atoms with Crippen molar-refractivity contribution in [2.24, 2.45) is 0 Å². The molecule has 170 valence electrons. The number of epoxide rings is 1. The van der Waals surface area contributed by atoms with Crippen LogP contribution in [0.2, 0.25) is 0 Å². The highest BCUT2D eigenvalue weighted by molar-refractivity contribution is 5.74. The van der Waals surface area contributed by atoms with Crippen molar-refractivity contribution in [2.75, 3.05) is 11.9 Å². The molecule has 5 atom stereocenters. The lowest BCUT2D eigenvalue weighted by atomic mass is 9.89. The van der Waals surface area contributed by atoms with Gasteiger partial charge < -0.3 is 25.0 Å². The predicted octanol–water partition coefficient (Wildman–Crippen LogP) is 4.76. The molecule has 2 aromatic carbocycles. The van der Waals surface area contributed by atoms with Crippen molar-refractivity contribution in [3.8, 4) is 11.1 Å². The molecule has 0 aliphatic carbocycles. The van der Waals surface area contributed by atoms with Gasteiger partial charge in [-0.1, -0.05) is 43.0 Å². The molecule has 1 saturated heterocycles. The van der Waals surface area contributed by atoms with Crippen LogP contribution in [0.15, 0.2) is 55.1 Å². The molecule has 2 aliphatic rings. The van der Waals surface area contributed by atoms with Gasteiger partial charge in [0.15, 0.2) is 6.23 Å². The highest BCUT2D eigenvalue weighted by Crippen LogP contribution is 2.44. The number of nitrogens with one attached hydrogen (secondary N) is 2. The van der Waals surface area contributed by atoms with E-state index in [4.69, 9.17) is 9.47 Å². The van der Waals surface area contributed by atoms with Crippen LogP contribution in [0, 0.1) is 0 Å². The Kier molecular flexibility index (Phi) is 6.53. The zero-order valence-corrected chi connectivity index (χ0v) is 19.3. The van der Waals surface area contributed by atoms with Gasteiger partial charge in [-0.05, 0) is 68.6 Å². The highest BCUT2D eigenvalue weighted by Gasteiger charge is 2.45. The Labute approximate surface area is 190 Å². The molecule has 0 spiro atoms. The fraction of sp³-hybridized carbons (Fsp3) is 0.423. The van der Waals surface area contributed by atoms with Gasteiger partial charge in [0.05, 0.1) is 6.04 Å². The summed E-state index contributed by atoms with van der Waals surface area (Å²) in [6.45, 7) is 10.6. The van der Waals surface area contributed by atoms with Crippen molar-refractivity contribution < 1.29 is 14.3 Å². The van der Waals surface area contributed by atoms with Crippen molar-refractivity contribution >= 4 is 11.8 Å². The molecule has 1 amide bonds. The minimum Gasteiger partial charge on any atom is -0.442 e. The van der Waals surface area contributed by atoms with E-state index in [1.54, 1.807) is 13.0 Å². The van der Waals surface area contributed by atoms with Crippen molar-refractivity contribution in [3.05, 3.63) is 66.2 Å². The normalized spacial score (nSPS) is 24.9. The number of amides is 1. The molecule has 2 aliphatic heterocycles. The molecule has 3 unspecified atom stereocenters. The molecule has 2 heterocycles. The maximum atomic E-state index is 12.5. The van der Waals surface area contributed by atoms with Gasteiger partial charge in [0, 0.05) is 18.3 Å². The van der Waals surface area contributed by atoms with Crippen molar-refractivity contribution in [3.63, 3.8) is 0 Å². The third kappa shape index (κ3) is 4.66. The van der Waals surface area contributed by atoms with Gasteiger partial charge >= 0.3 is 6.09 Å². The van der Waals surface area contributed by atoms with E-state index in [-0.39, 0.29) is 30.5 Å². The van der Waals surface area contributed by atoms with Gasteiger partial charge in [0.1, 0.15) is 12.2 Å². The zero-order chi connectivity index (χ0) is 22.8. The van der Waals surface area contributed by atoms with Crippen LogP contribution in [-0.4, -0.2) is 37.6 Å². The quantitative estimate of drug-likeness (QED) is 0.485. The van der Waals surface area contributed by atoms with Gasteiger partial charge in [-0.2, -0.15) is 0 Å². The maximum Gasteiger partial charge on any atom is 0.408 e. The number of anilines is 1. The number of carbonyl (C=O) groups excluding carboxylic acids is 1. The summed E-state index contributed by atoms with van der Waals surface area (Å²) in [7, 11) is 1.95. The Hall–Kier alpha value is -2.83. The summed E-state index contributed by atoms with van der Waals surface area (Å²) in [6, 6.07) is 15.2. The Bertz CT molecular complexity index is 975. The minimum absolute atomic E-state index is 0.0871. The summed E-state index contributed by atoms with van der Waals surface area (Å²) in [6.07, 6.45) is 1.93. The second-order valence-corrected chi connectivity index (χ2v) is 8.77. The van der Waals surface area contributed by atoms with E-state index in [1.807, 2.05) is 7.05 Å². The molecular formula is C26H33N3O3. The maximum absolute atomic E-state index is 12.5. The third-order valence-electron chi connectivity index (χ3n) is 6.27. The SMILES string of the molecule is C=CC(C)OC(=O)N[C@@H]1C[C@H](C)N(C2OC2C)c2ccc(-c3ccc(CNC)cc3)cc21. The fourth-order valence-corrected chi connectivity index (χ4v) is 4.47. The van der Waals surface area contributed by atoms with Gasteiger partial charge in [-0.15, -0.1) is 0 Å². The molecule has 1 fully saturated rings. The first-order valence-corrected chi connectivity index (χ1v) is 11.3. The summed E-state index contributed by atoms with van der Waals surface area (Å²) in [5.41, 5.74) is 5.71. The molecule has 6 heteroatoms. The predicted molar refractivity (Wildman–Crippen MR) is 128 cm³/mol. The molecule has 0 saturated carbocycles. The van der Waals surface area contributed by atoms with E-state index in [2.05, 4.69) is 78.4 Å². The second-order valence-electron chi connectivity index (χ2n) is 8.77. The Morgan fingerprint density at radius 2 is 1.94 bits per heavy atom.